The van der Waals surface area contributed by atoms with E-state index in [0.29, 0.717) is 17.1 Å². The molecule has 0 aliphatic heterocycles. The van der Waals surface area contributed by atoms with Gasteiger partial charge in [-0.3, -0.25) is 0 Å². The highest BCUT2D eigenvalue weighted by Crippen LogP contribution is 2.29. The van der Waals surface area contributed by atoms with Gasteiger partial charge in [0.25, 0.3) is 0 Å². The van der Waals surface area contributed by atoms with Gasteiger partial charge in [0.2, 0.25) is 0 Å². The molecule has 2 rings (SSSR count). The molecule has 1 atom stereocenters. The predicted molar refractivity (Wildman–Crippen MR) is 63.4 cm³/mol. The molecule has 1 heterocycles. The van der Waals surface area contributed by atoms with Crippen LogP contribution < -0.4 is 0 Å². The Morgan fingerprint density at radius 1 is 1.12 bits per heavy atom. The number of benzene rings is 1. The van der Waals surface area contributed by atoms with Crippen LogP contribution in [0.2, 0.25) is 0 Å². The Kier molecular flexibility index (Phi) is 3.03. The summed E-state index contributed by atoms with van der Waals surface area (Å²) in [4.78, 5) is 0. The minimum absolute atomic E-state index is 0.286. The van der Waals surface area contributed by atoms with E-state index in [9.17, 15) is 9.50 Å². The Bertz CT molecular complexity index is 543. The van der Waals surface area contributed by atoms with Crippen molar-refractivity contribution in [3.63, 3.8) is 0 Å². The molecule has 0 aliphatic rings. The van der Waals surface area contributed by atoms with Gasteiger partial charge in [-0.05, 0) is 32.9 Å². The van der Waals surface area contributed by atoms with Crippen molar-refractivity contribution in [1.82, 2.24) is 0 Å². The molecule has 1 unspecified atom stereocenters. The third-order valence-corrected chi connectivity index (χ3v) is 2.82. The zero-order valence-electron chi connectivity index (χ0n) is 10.1. The van der Waals surface area contributed by atoms with Gasteiger partial charge >= 0.3 is 0 Å². The first kappa shape index (κ1) is 11.9. The lowest BCUT2D eigenvalue weighted by Gasteiger charge is -2.11. The molecule has 0 fully saturated rings. The van der Waals surface area contributed by atoms with Crippen LogP contribution in [0.15, 0.2) is 28.7 Å². The minimum atomic E-state index is -0.979. The molecule has 3 heteroatoms. The van der Waals surface area contributed by atoms with E-state index in [0.717, 1.165) is 5.56 Å². The molecule has 0 bridgehead atoms. The van der Waals surface area contributed by atoms with E-state index in [4.69, 9.17) is 4.42 Å². The molecule has 1 aromatic carbocycles. The molecule has 0 saturated heterocycles. The van der Waals surface area contributed by atoms with Crippen LogP contribution in [0.5, 0.6) is 0 Å². The number of aliphatic hydroxyl groups is 1. The van der Waals surface area contributed by atoms with Gasteiger partial charge in [-0.2, -0.15) is 0 Å². The van der Waals surface area contributed by atoms with Crippen LogP contribution in [0.25, 0.3) is 0 Å². The first-order valence-corrected chi connectivity index (χ1v) is 5.50. The van der Waals surface area contributed by atoms with E-state index in [1.807, 2.05) is 6.92 Å². The average molecular weight is 234 g/mol. The van der Waals surface area contributed by atoms with Crippen molar-refractivity contribution in [1.29, 1.82) is 0 Å². The first-order valence-electron chi connectivity index (χ1n) is 5.50. The quantitative estimate of drug-likeness (QED) is 0.863. The van der Waals surface area contributed by atoms with Crippen LogP contribution in [0.1, 0.15) is 34.3 Å². The topological polar surface area (TPSA) is 33.4 Å². The normalized spacial score (nSPS) is 12.8. The zero-order valence-corrected chi connectivity index (χ0v) is 10.1. The first-order chi connectivity index (χ1) is 7.99. The van der Waals surface area contributed by atoms with Crippen molar-refractivity contribution < 1.29 is 13.9 Å². The van der Waals surface area contributed by atoms with Crippen LogP contribution in [-0.2, 0) is 0 Å². The molecular weight excluding hydrogens is 219 g/mol. The van der Waals surface area contributed by atoms with E-state index < -0.39 is 11.9 Å². The average Bonchev–Trinajstić information content (AvgIpc) is 2.60. The molecule has 2 nitrogen and oxygen atoms in total. The molecule has 0 aliphatic carbocycles. The highest BCUT2D eigenvalue weighted by molar-refractivity contribution is 5.35. The highest BCUT2D eigenvalue weighted by atomic mass is 19.1. The van der Waals surface area contributed by atoms with E-state index in [2.05, 4.69) is 0 Å². The Labute approximate surface area is 99.7 Å². The maximum atomic E-state index is 13.7. The fourth-order valence-electron chi connectivity index (χ4n) is 1.96. The summed E-state index contributed by atoms with van der Waals surface area (Å²) >= 11 is 0. The molecule has 0 radical (unpaired) electrons. The number of furan rings is 1. The van der Waals surface area contributed by atoms with E-state index in [1.54, 1.807) is 32.0 Å². The Morgan fingerprint density at radius 3 is 2.41 bits per heavy atom. The third-order valence-electron chi connectivity index (χ3n) is 2.82. The van der Waals surface area contributed by atoms with Gasteiger partial charge in [0.1, 0.15) is 23.4 Å². The minimum Gasteiger partial charge on any atom is -0.466 e. The molecule has 90 valence electrons. The number of hydrogen-bond acceptors (Lipinski definition) is 2. The second-order valence-electron chi connectivity index (χ2n) is 4.30. The summed E-state index contributed by atoms with van der Waals surface area (Å²) in [5.41, 5.74) is 1.82. The van der Waals surface area contributed by atoms with Gasteiger partial charge in [0.05, 0.1) is 0 Å². The van der Waals surface area contributed by atoms with Crippen LogP contribution in [0.3, 0.4) is 0 Å². The second kappa shape index (κ2) is 4.34. The van der Waals surface area contributed by atoms with Gasteiger partial charge in [-0.15, -0.1) is 0 Å². The van der Waals surface area contributed by atoms with Gasteiger partial charge in [-0.25, -0.2) is 4.39 Å². The number of halogens is 1. The van der Waals surface area contributed by atoms with Crippen molar-refractivity contribution in [2.24, 2.45) is 0 Å². The van der Waals surface area contributed by atoms with E-state index >= 15 is 0 Å². The number of aryl methyl sites for hydroxylation is 3. The van der Waals surface area contributed by atoms with Crippen molar-refractivity contribution in [3.05, 3.63) is 58.3 Å². The van der Waals surface area contributed by atoms with Crippen molar-refractivity contribution >= 4 is 0 Å². The van der Waals surface area contributed by atoms with Crippen molar-refractivity contribution in [2.75, 3.05) is 0 Å². The molecule has 1 N–H and O–H groups in total. The Balaban J connectivity index is 2.46. The summed E-state index contributed by atoms with van der Waals surface area (Å²) in [6, 6.07) is 6.44. The molecule has 2 aromatic rings. The molecule has 1 aromatic heterocycles. The van der Waals surface area contributed by atoms with Crippen molar-refractivity contribution in [3.8, 4) is 0 Å². The molecule has 17 heavy (non-hydrogen) atoms. The molecule has 0 saturated carbocycles. The summed E-state index contributed by atoms with van der Waals surface area (Å²) in [6.07, 6.45) is -0.979. The van der Waals surface area contributed by atoms with Gasteiger partial charge in [0.15, 0.2) is 0 Å². The van der Waals surface area contributed by atoms with Crippen LogP contribution in [0.4, 0.5) is 4.39 Å². The van der Waals surface area contributed by atoms with Crippen LogP contribution >= 0.6 is 0 Å². The smallest absolute Gasteiger partial charge is 0.129 e. The van der Waals surface area contributed by atoms with Gasteiger partial charge in [-0.1, -0.05) is 17.7 Å². The molecule has 0 amide bonds. The maximum Gasteiger partial charge on any atom is 0.129 e. The van der Waals surface area contributed by atoms with Gasteiger partial charge < -0.3 is 9.52 Å². The summed E-state index contributed by atoms with van der Waals surface area (Å²) in [5.74, 6) is 0.932. The lowest BCUT2D eigenvalue weighted by molar-refractivity contribution is 0.212. The number of rotatable bonds is 2. The SMILES string of the molecule is Cc1ccc(F)c(C(O)c2cc(C)oc2C)c1. The second-order valence-corrected chi connectivity index (χ2v) is 4.30. The lowest BCUT2D eigenvalue weighted by atomic mass is 10.00. The number of hydrogen-bond donors (Lipinski definition) is 1. The van der Waals surface area contributed by atoms with Crippen LogP contribution in [-0.4, -0.2) is 5.11 Å². The maximum absolute atomic E-state index is 13.7. The fourth-order valence-corrected chi connectivity index (χ4v) is 1.96. The summed E-state index contributed by atoms with van der Waals surface area (Å²) in [7, 11) is 0. The summed E-state index contributed by atoms with van der Waals surface area (Å²) in [5, 5.41) is 10.2. The highest BCUT2D eigenvalue weighted by Gasteiger charge is 2.19. The summed E-state index contributed by atoms with van der Waals surface area (Å²) < 4.78 is 19.0. The zero-order chi connectivity index (χ0) is 12.6. The predicted octanol–water partition coefficient (Wildman–Crippen LogP) is 3.43. The Morgan fingerprint density at radius 2 is 1.82 bits per heavy atom. The molecule has 0 spiro atoms. The summed E-state index contributed by atoms with van der Waals surface area (Å²) in [6.45, 7) is 5.43. The monoisotopic (exact) mass is 234 g/mol. The van der Waals surface area contributed by atoms with Gasteiger partial charge in [0, 0.05) is 11.1 Å². The fraction of sp³-hybridized carbons (Fsp3) is 0.286. The van der Waals surface area contributed by atoms with E-state index in [1.165, 1.54) is 6.07 Å². The van der Waals surface area contributed by atoms with Crippen molar-refractivity contribution in [2.45, 2.75) is 26.9 Å². The third kappa shape index (κ3) is 2.24. The Hall–Kier alpha value is -1.61. The van der Waals surface area contributed by atoms with E-state index in [-0.39, 0.29) is 5.56 Å². The van der Waals surface area contributed by atoms with Crippen LogP contribution in [0, 0.1) is 26.6 Å². The molecular formula is C14H15FO2. The lowest BCUT2D eigenvalue weighted by Crippen LogP contribution is -2.03. The number of aliphatic hydroxyl groups excluding tert-OH is 1. The largest absolute Gasteiger partial charge is 0.466 e. The standard InChI is InChI=1S/C14H15FO2/c1-8-4-5-13(15)12(6-8)14(16)11-7-9(2)17-10(11)3/h4-7,14,16H,1-3H3.